The van der Waals surface area contributed by atoms with Gasteiger partial charge in [0.2, 0.25) is 5.91 Å². The van der Waals surface area contributed by atoms with Crippen LogP contribution < -0.4 is 40.5 Å². The molecular formula is C14H16Cl2NO2SiZr. The van der Waals surface area contributed by atoms with Gasteiger partial charge in [-0.1, -0.05) is 30.0 Å². The largest absolute Gasteiger partial charge is 3.00 e. The first kappa shape index (κ1) is 20.9. The Morgan fingerprint density at radius 2 is 2.00 bits per heavy atom. The predicted molar refractivity (Wildman–Crippen MR) is 76.6 cm³/mol. The Hall–Kier alpha value is -0.0600. The van der Waals surface area contributed by atoms with Crippen molar-refractivity contribution in [1.82, 2.24) is 0 Å². The summed E-state index contributed by atoms with van der Waals surface area (Å²) in [7, 11) is -1.59. The summed E-state index contributed by atoms with van der Waals surface area (Å²) in [5.41, 5.74) is 0.996. The molecule has 3 nitrogen and oxygen atoms in total. The summed E-state index contributed by atoms with van der Waals surface area (Å²) in [5.74, 6) is -0.104. The topological polar surface area (TPSA) is 49.3 Å². The fourth-order valence-electron chi connectivity index (χ4n) is 2.92. The Bertz CT molecular complexity index is 658. The van der Waals surface area contributed by atoms with Crippen LogP contribution in [0.25, 0.3) is 10.8 Å². The summed E-state index contributed by atoms with van der Waals surface area (Å²) in [6, 6.07) is 8.58. The van der Waals surface area contributed by atoms with Gasteiger partial charge in [-0.05, 0) is 0 Å². The molecule has 0 unspecified atom stereocenters. The van der Waals surface area contributed by atoms with Gasteiger partial charge in [-0.2, -0.15) is 0 Å². The molecular weight excluding hydrogens is 404 g/mol. The van der Waals surface area contributed by atoms with E-state index < -0.39 is 8.07 Å². The zero-order valence-electron chi connectivity index (χ0n) is 11.8. The quantitative estimate of drug-likeness (QED) is 0.386. The maximum Gasteiger partial charge on any atom is 3.00 e. The van der Waals surface area contributed by atoms with Gasteiger partial charge in [0, 0.05) is 6.42 Å². The molecule has 2 aromatic rings. The van der Waals surface area contributed by atoms with Crippen molar-refractivity contribution >= 4 is 40.8 Å². The van der Waals surface area contributed by atoms with Gasteiger partial charge in [0.15, 0.2) is 0 Å². The number of carbonyl (C=O) groups is 1. The fraction of sp³-hybridized carbons (Fsp3) is 0.286. The van der Waals surface area contributed by atoms with Gasteiger partial charge in [0.05, 0.1) is 14.7 Å². The molecule has 0 aromatic heterocycles. The van der Waals surface area contributed by atoms with E-state index >= 15 is 0 Å². The first-order chi connectivity index (χ1) is 8.55. The van der Waals surface area contributed by atoms with Gasteiger partial charge >= 0.3 is 26.2 Å². The van der Waals surface area contributed by atoms with Crippen molar-refractivity contribution in [3.63, 3.8) is 0 Å². The molecule has 0 saturated heterocycles. The fourth-order valence-corrected chi connectivity index (χ4v) is 5.95. The number of hydrogen-bond acceptors (Lipinski definition) is 2. The normalized spacial score (nSPS) is 13.3. The van der Waals surface area contributed by atoms with Crippen molar-refractivity contribution in [2.45, 2.75) is 19.5 Å². The van der Waals surface area contributed by atoms with Gasteiger partial charge in [0.25, 0.3) is 0 Å². The number of anilines is 1. The Morgan fingerprint density at radius 1 is 1.33 bits per heavy atom. The van der Waals surface area contributed by atoms with Crippen LogP contribution in [0.4, 0.5) is 5.69 Å². The minimum Gasteiger partial charge on any atom is -1.00 e. The maximum atomic E-state index is 11.7. The molecule has 2 aromatic carbocycles. The summed E-state index contributed by atoms with van der Waals surface area (Å²) in [6.07, 6.45) is 0.163. The van der Waals surface area contributed by atoms with Crippen molar-refractivity contribution < 1.29 is 60.9 Å². The van der Waals surface area contributed by atoms with E-state index in [0.29, 0.717) is 0 Å². The molecule has 0 fully saturated rings. The Kier molecular flexibility index (Phi) is 7.45. The Morgan fingerprint density at radius 3 is 2.62 bits per heavy atom. The number of aliphatic hydroxyl groups excluding tert-OH is 1. The third kappa shape index (κ3) is 3.18. The van der Waals surface area contributed by atoms with Crippen LogP contribution in [0.1, 0.15) is 6.42 Å². The number of rotatable bonds is 3. The van der Waals surface area contributed by atoms with Crippen molar-refractivity contribution in [3.8, 4) is 0 Å². The SMILES string of the molecule is C[Si]1(C)c2[cH-]c3cccc1c3c2NC(=O)CCO.[Cl-].[Cl-].[Zr+3]. The summed E-state index contributed by atoms with van der Waals surface area (Å²) in [5, 5.41) is 17.0. The Labute approximate surface area is 156 Å². The molecule has 0 spiro atoms. The number of carbonyl (C=O) groups excluding carboxylic acids is 1. The number of fused-ring (bicyclic) bond motifs is 1. The van der Waals surface area contributed by atoms with Crippen LogP contribution in [-0.2, 0) is 31.0 Å². The zero-order valence-corrected chi connectivity index (χ0v) is 16.8. The zero-order chi connectivity index (χ0) is 12.9. The first-order valence-corrected chi connectivity index (χ1v) is 9.20. The van der Waals surface area contributed by atoms with Gasteiger partial charge in [-0.25, -0.2) is 0 Å². The molecule has 1 aliphatic heterocycles. The number of hydrogen-bond donors (Lipinski definition) is 2. The molecule has 21 heavy (non-hydrogen) atoms. The van der Waals surface area contributed by atoms with Gasteiger partial charge in [0.1, 0.15) is 0 Å². The molecule has 0 atom stereocenters. The van der Waals surface area contributed by atoms with Crippen molar-refractivity contribution in [3.05, 3.63) is 24.3 Å². The minimum absolute atomic E-state index is 0. The molecule has 1 heterocycles. The van der Waals surface area contributed by atoms with Crippen LogP contribution in [0.5, 0.6) is 0 Å². The molecule has 1 radical (unpaired) electrons. The van der Waals surface area contributed by atoms with Gasteiger partial charge < -0.3 is 35.2 Å². The van der Waals surface area contributed by atoms with Gasteiger partial charge in [-0.3, -0.25) is 4.79 Å². The van der Waals surface area contributed by atoms with E-state index in [1.54, 1.807) is 0 Å². The van der Waals surface area contributed by atoms with Crippen LogP contribution >= 0.6 is 0 Å². The summed E-state index contributed by atoms with van der Waals surface area (Å²) in [4.78, 5) is 11.7. The number of nitrogens with one attached hydrogen (secondary N) is 1. The molecule has 0 aliphatic carbocycles. The van der Waals surface area contributed by atoms with E-state index in [-0.39, 0.29) is 70.0 Å². The van der Waals surface area contributed by atoms with E-state index in [1.165, 1.54) is 21.1 Å². The van der Waals surface area contributed by atoms with Crippen molar-refractivity contribution in [2.75, 3.05) is 11.9 Å². The number of aliphatic hydroxyl groups is 1. The number of amides is 1. The molecule has 7 heteroatoms. The van der Waals surface area contributed by atoms with Crippen LogP contribution in [0, 0.1) is 0 Å². The molecule has 0 saturated carbocycles. The summed E-state index contributed by atoms with van der Waals surface area (Å²) in [6.45, 7) is 4.52. The van der Waals surface area contributed by atoms with E-state index in [1.807, 2.05) is 0 Å². The van der Waals surface area contributed by atoms with E-state index in [0.717, 1.165) is 5.69 Å². The second-order valence-electron chi connectivity index (χ2n) is 5.35. The standard InChI is InChI=1S/C14H16NO2Si.2ClH.Zr/c1-18(2)10-5-3-4-9-8-11(18)14(13(9)10)15-12(17)6-7-16;;;/h3-5,8,16H,6-7H2,1-2H3,(H,15,17);2*1H;/q-1;;;+3/p-2. The van der Waals surface area contributed by atoms with Crippen LogP contribution in [0.2, 0.25) is 13.1 Å². The minimum atomic E-state index is -1.59. The van der Waals surface area contributed by atoms with Gasteiger partial charge in [-0.15, -0.1) is 34.2 Å². The second kappa shape index (κ2) is 7.47. The van der Waals surface area contributed by atoms with Crippen molar-refractivity contribution in [2.24, 2.45) is 0 Å². The average molecular weight is 421 g/mol. The maximum absolute atomic E-state index is 11.7. The molecule has 3 rings (SSSR count). The predicted octanol–water partition coefficient (Wildman–Crippen LogP) is -4.98. The first-order valence-electron chi connectivity index (χ1n) is 6.20. The van der Waals surface area contributed by atoms with Crippen LogP contribution in [0.15, 0.2) is 24.3 Å². The van der Waals surface area contributed by atoms with E-state index in [9.17, 15) is 4.79 Å². The van der Waals surface area contributed by atoms with E-state index in [4.69, 9.17) is 5.11 Å². The third-order valence-electron chi connectivity index (χ3n) is 3.87. The second-order valence-corrected chi connectivity index (χ2v) is 9.68. The molecule has 1 amide bonds. The van der Waals surface area contributed by atoms with Crippen molar-refractivity contribution in [1.29, 1.82) is 0 Å². The monoisotopic (exact) mass is 418 g/mol. The molecule has 1 aliphatic rings. The molecule has 111 valence electrons. The molecule has 2 N–H and O–H groups in total. The van der Waals surface area contributed by atoms with Crippen LogP contribution in [-0.4, -0.2) is 25.7 Å². The smallest absolute Gasteiger partial charge is 1.00 e. The third-order valence-corrected chi connectivity index (χ3v) is 7.37. The van der Waals surface area contributed by atoms with Crippen LogP contribution in [0.3, 0.4) is 0 Å². The summed E-state index contributed by atoms with van der Waals surface area (Å²) >= 11 is 0. The summed E-state index contributed by atoms with van der Waals surface area (Å²) < 4.78 is 0. The number of benzene rings is 1. The number of halogens is 2. The Balaban J connectivity index is 0.00000133. The van der Waals surface area contributed by atoms with E-state index in [2.05, 4.69) is 42.7 Å². The molecule has 2 bridgehead atoms. The average Bonchev–Trinajstić information content (AvgIpc) is 2.76.